The van der Waals surface area contributed by atoms with E-state index in [0.717, 1.165) is 6.07 Å². The lowest BCUT2D eigenvalue weighted by atomic mass is 9.97. The van der Waals surface area contributed by atoms with Crippen molar-refractivity contribution >= 4 is 21.6 Å². The van der Waals surface area contributed by atoms with Crippen LogP contribution in [-0.2, 0) is 14.8 Å². The van der Waals surface area contributed by atoms with E-state index >= 15 is 0 Å². The molecule has 0 spiro atoms. The second-order valence-corrected chi connectivity index (χ2v) is 10.0. The van der Waals surface area contributed by atoms with Gasteiger partial charge in [0.25, 0.3) is 5.69 Å². The lowest BCUT2D eigenvalue weighted by Gasteiger charge is -2.31. The van der Waals surface area contributed by atoms with Crippen LogP contribution in [0.1, 0.15) is 18.4 Å². The number of aryl methyl sites for hydroxylation is 1. The molecular weight excluding hydrogens is 450 g/mol. The lowest BCUT2D eigenvalue weighted by Crippen LogP contribution is -2.46. The Morgan fingerprint density at radius 2 is 1.88 bits per heavy atom. The van der Waals surface area contributed by atoms with Gasteiger partial charge in [0.15, 0.2) is 11.5 Å². The molecule has 11 heteroatoms. The zero-order valence-corrected chi connectivity index (χ0v) is 18.9. The number of amides is 1. The molecule has 1 atom stereocenters. The third kappa shape index (κ3) is 4.93. The number of ether oxygens (including phenoxy) is 2. The smallest absolute Gasteiger partial charge is 0.270 e. The highest BCUT2D eigenvalue weighted by Crippen LogP contribution is 2.31. The molecule has 2 aromatic rings. The van der Waals surface area contributed by atoms with Crippen molar-refractivity contribution in [3.63, 3.8) is 0 Å². The highest BCUT2D eigenvalue weighted by Gasteiger charge is 2.34. The van der Waals surface area contributed by atoms with Crippen LogP contribution in [0.5, 0.6) is 11.5 Å². The highest BCUT2D eigenvalue weighted by atomic mass is 32.2. The zero-order chi connectivity index (χ0) is 23.6. The van der Waals surface area contributed by atoms with Crippen LogP contribution in [0, 0.1) is 23.0 Å². The first-order valence-electron chi connectivity index (χ1n) is 10.7. The summed E-state index contributed by atoms with van der Waals surface area (Å²) in [6.45, 7) is 2.55. The van der Waals surface area contributed by atoms with Gasteiger partial charge in [0.1, 0.15) is 12.7 Å². The Labute approximate surface area is 191 Å². The molecule has 2 aliphatic rings. The molecule has 0 bridgehead atoms. The number of carbonyl (C=O) groups excluding carboxylic acids is 1. The molecular formula is C22H25N3O7S. The molecule has 2 heterocycles. The van der Waals surface area contributed by atoms with Crippen LogP contribution in [0.15, 0.2) is 47.4 Å². The van der Waals surface area contributed by atoms with Gasteiger partial charge in [0, 0.05) is 31.1 Å². The minimum Gasteiger partial charge on any atom is -0.486 e. The zero-order valence-electron chi connectivity index (χ0n) is 18.1. The second-order valence-electron chi connectivity index (χ2n) is 8.13. The number of sulfonamides is 1. The molecule has 176 valence electrons. The number of hydrogen-bond acceptors (Lipinski definition) is 7. The monoisotopic (exact) mass is 475 g/mol. The van der Waals surface area contributed by atoms with Crippen LogP contribution in [0.4, 0.5) is 5.69 Å². The minimum atomic E-state index is -3.90. The van der Waals surface area contributed by atoms with Crippen molar-refractivity contribution in [2.75, 3.05) is 26.2 Å². The SMILES string of the molecule is Cc1ccc([N+](=O)[O-])cc1S(=O)(=O)N1CCC(C(=O)NCC2COc3ccccc3O2)CC1. The van der Waals surface area contributed by atoms with Gasteiger partial charge in [-0.2, -0.15) is 4.31 Å². The van der Waals surface area contributed by atoms with Gasteiger partial charge in [0.05, 0.1) is 16.4 Å². The fourth-order valence-corrected chi connectivity index (χ4v) is 5.71. The van der Waals surface area contributed by atoms with Crippen molar-refractivity contribution in [2.24, 2.45) is 5.92 Å². The third-order valence-electron chi connectivity index (χ3n) is 5.90. The average Bonchev–Trinajstić information content (AvgIpc) is 2.82. The number of nitrogens with one attached hydrogen (secondary N) is 1. The van der Waals surface area contributed by atoms with Crippen LogP contribution in [0.25, 0.3) is 0 Å². The molecule has 0 saturated carbocycles. The first-order valence-corrected chi connectivity index (χ1v) is 12.1. The molecule has 0 aliphatic carbocycles. The maximum Gasteiger partial charge on any atom is 0.270 e. The molecule has 1 fully saturated rings. The van der Waals surface area contributed by atoms with E-state index < -0.39 is 14.9 Å². The number of piperidine rings is 1. The quantitative estimate of drug-likeness (QED) is 0.501. The van der Waals surface area contributed by atoms with Crippen molar-refractivity contribution in [3.05, 3.63) is 58.1 Å². The predicted octanol–water partition coefficient (Wildman–Crippen LogP) is 2.26. The highest BCUT2D eigenvalue weighted by molar-refractivity contribution is 7.89. The van der Waals surface area contributed by atoms with Crippen molar-refractivity contribution in [2.45, 2.75) is 30.8 Å². The van der Waals surface area contributed by atoms with Gasteiger partial charge >= 0.3 is 0 Å². The van der Waals surface area contributed by atoms with Gasteiger partial charge in [-0.05, 0) is 37.5 Å². The predicted molar refractivity (Wildman–Crippen MR) is 119 cm³/mol. The standard InChI is InChI=1S/C22H25N3O7S/c1-15-6-7-17(25(27)28)12-21(15)33(29,30)24-10-8-16(9-11-24)22(26)23-13-18-14-31-19-4-2-3-5-20(19)32-18/h2-7,12,16,18H,8-11,13-14H2,1H3,(H,23,26). The first-order chi connectivity index (χ1) is 15.8. The Balaban J connectivity index is 1.32. The van der Waals surface area contributed by atoms with E-state index in [-0.39, 0.29) is 41.6 Å². The largest absolute Gasteiger partial charge is 0.486 e. The number of benzene rings is 2. The average molecular weight is 476 g/mol. The van der Waals surface area contributed by atoms with Gasteiger partial charge in [-0.15, -0.1) is 0 Å². The number of nitro benzene ring substituents is 1. The Kier molecular flexibility index (Phi) is 6.52. The minimum absolute atomic E-state index is 0.0747. The summed E-state index contributed by atoms with van der Waals surface area (Å²) in [6.07, 6.45) is 0.425. The molecule has 1 saturated heterocycles. The Morgan fingerprint density at radius 1 is 1.18 bits per heavy atom. The van der Waals surface area contributed by atoms with E-state index in [1.807, 2.05) is 24.3 Å². The van der Waals surface area contributed by atoms with Crippen LogP contribution in [-0.4, -0.2) is 55.9 Å². The summed E-state index contributed by atoms with van der Waals surface area (Å²) < 4.78 is 38.9. The molecule has 2 aromatic carbocycles. The molecule has 10 nitrogen and oxygen atoms in total. The van der Waals surface area contributed by atoms with Crippen LogP contribution in [0.2, 0.25) is 0 Å². The van der Waals surface area contributed by atoms with Crippen molar-refractivity contribution in [1.29, 1.82) is 0 Å². The first kappa shape index (κ1) is 23.0. The van der Waals surface area contributed by atoms with E-state index in [1.54, 1.807) is 6.92 Å². The Hall–Kier alpha value is -3.18. The summed E-state index contributed by atoms with van der Waals surface area (Å²) in [7, 11) is -3.90. The maximum absolute atomic E-state index is 13.1. The number of hydrogen-bond donors (Lipinski definition) is 1. The summed E-state index contributed by atoms with van der Waals surface area (Å²) >= 11 is 0. The van der Waals surface area contributed by atoms with E-state index in [2.05, 4.69) is 5.32 Å². The van der Waals surface area contributed by atoms with Crippen LogP contribution in [0.3, 0.4) is 0 Å². The molecule has 4 rings (SSSR count). The van der Waals surface area contributed by atoms with Crippen molar-refractivity contribution in [1.82, 2.24) is 9.62 Å². The maximum atomic E-state index is 13.1. The van der Waals surface area contributed by atoms with Crippen LogP contribution < -0.4 is 14.8 Å². The third-order valence-corrected chi connectivity index (χ3v) is 7.94. The summed E-state index contributed by atoms with van der Waals surface area (Å²) in [5, 5.41) is 13.9. The molecule has 2 aliphatic heterocycles. The van der Waals surface area contributed by atoms with Crippen molar-refractivity contribution in [3.8, 4) is 11.5 Å². The number of nitro groups is 1. The normalized spacial score (nSPS) is 19.1. The van der Waals surface area contributed by atoms with Crippen molar-refractivity contribution < 1.29 is 27.6 Å². The van der Waals surface area contributed by atoms with Gasteiger partial charge in [-0.25, -0.2) is 8.42 Å². The topological polar surface area (TPSA) is 128 Å². The summed E-state index contributed by atoms with van der Waals surface area (Å²) in [5.41, 5.74) is 0.168. The molecule has 33 heavy (non-hydrogen) atoms. The summed E-state index contributed by atoms with van der Waals surface area (Å²) in [4.78, 5) is 23.0. The molecule has 1 N–H and O–H groups in total. The lowest BCUT2D eigenvalue weighted by molar-refractivity contribution is -0.385. The van der Waals surface area contributed by atoms with Gasteiger partial charge in [-0.1, -0.05) is 18.2 Å². The molecule has 0 radical (unpaired) electrons. The van der Waals surface area contributed by atoms with Gasteiger partial charge < -0.3 is 14.8 Å². The molecule has 1 unspecified atom stereocenters. The van der Waals surface area contributed by atoms with E-state index in [4.69, 9.17) is 9.47 Å². The number of carbonyl (C=O) groups is 1. The number of rotatable bonds is 6. The Morgan fingerprint density at radius 3 is 2.58 bits per heavy atom. The fraction of sp³-hybridized carbons (Fsp3) is 0.409. The van der Waals surface area contributed by atoms with E-state index in [9.17, 15) is 23.3 Å². The number of fused-ring (bicyclic) bond motifs is 1. The van der Waals surface area contributed by atoms with Gasteiger partial charge in [-0.3, -0.25) is 14.9 Å². The molecule has 1 amide bonds. The van der Waals surface area contributed by atoms with Crippen LogP contribution >= 0.6 is 0 Å². The second kappa shape index (κ2) is 9.36. The summed E-state index contributed by atoms with van der Waals surface area (Å²) in [6, 6.07) is 11.1. The fourth-order valence-electron chi connectivity index (χ4n) is 4.00. The molecule has 0 aromatic heterocycles. The summed E-state index contributed by atoms with van der Waals surface area (Å²) in [5.74, 6) is 0.839. The number of para-hydroxylation sites is 2. The number of nitrogens with zero attached hydrogens (tertiary/aromatic N) is 2. The van der Waals surface area contributed by atoms with E-state index in [1.165, 1.54) is 16.4 Å². The Bertz CT molecular complexity index is 1160. The number of non-ortho nitro benzene ring substituents is 1. The van der Waals surface area contributed by atoms with Gasteiger partial charge in [0.2, 0.25) is 15.9 Å². The van der Waals surface area contributed by atoms with E-state index in [0.29, 0.717) is 43.1 Å².